The van der Waals surface area contributed by atoms with Crippen molar-refractivity contribution in [3.8, 4) is 0 Å². The quantitative estimate of drug-likeness (QED) is 0.679. The minimum Gasteiger partial charge on any atom is -0.448 e. The highest BCUT2D eigenvalue weighted by atomic mass is 16.3. The largest absolute Gasteiger partial charge is 0.448 e. The van der Waals surface area contributed by atoms with Crippen LogP contribution in [-0.4, -0.2) is 24.0 Å². The van der Waals surface area contributed by atoms with E-state index in [4.69, 9.17) is 10.2 Å². The van der Waals surface area contributed by atoms with Crippen molar-refractivity contribution in [3.05, 3.63) is 17.8 Å². The predicted octanol–water partition coefficient (Wildman–Crippen LogP) is 0.706. The molecule has 0 fully saturated rings. The Morgan fingerprint density at radius 2 is 2.47 bits per heavy atom. The Kier molecular flexibility index (Phi) is 4.83. The molecule has 0 aliphatic heterocycles. The molecule has 0 aliphatic carbocycles. The molecule has 5 heteroatoms. The predicted molar refractivity (Wildman–Crippen MR) is 56.5 cm³/mol. The molecule has 0 spiro atoms. The second kappa shape index (κ2) is 6.19. The Bertz CT molecular complexity index is 309. The number of rotatable bonds is 6. The highest BCUT2D eigenvalue weighted by molar-refractivity contribution is 5.91. The second-order valence-corrected chi connectivity index (χ2v) is 3.27. The number of carbonyl (C=O) groups excluding carboxylic acids is 1. The van der Waals surface area contributed by atoms with E-state index in [1.165, 1.54) is 6.26 Å². The average Bonchev–Trinajstić information content (AvgIpc) is 2.67. The van der Waals surface area contributed by atoms with Crippen molar-refractivity contribution in [1.29, 1.82) is 0 Å². The smallest absolute Gasteiger partial charge is 0.273 e. The lowest BCUT2D eigenvalue weighted by Gasteiger charge is -1.99. The van der Waals surface area contributed by atoms with Gasteiger partial charge in [0, 0.05) is 19.5 Å². The number of oxazole rings is 1. The summed E-state index contributed by atoms with van der Waals surface area (Å²) in [5.41, 5.74) is 5.67. The zero-order valence-corrected chi connectivity index (χ0v) is 8.95. The SMILES string of the molecule is CCCCNC(=O)c1coc(CCN)n1. The van der Waals surface area contributed by atoms with Crippen LogP contribution in [-0.2, 0) is 6.42 Å². The van der Waals surface area contributed by atoms with Gasteiger partial charge in [-0.3, -0.25) is 4.79 Å². The topological polar surface area (TPSA) is 81.2 Å². The van der Waals surface area contributed by atoms with Crippen LogP contribution < -0.4 is 11.1 Å². The maximum absolute atomic E-state index is 11.5. The summed E-state index contributed by atoms with van der Waals surface area (Å²) in [6, 6.07) is 0. The number of hydrogen-bond acceptors (Lipinski definition) is 4. The summed E-state index contributed by atoms with van der Waals surface area (Å²) in [5, 5.41) is 2.76. The van der Waals surface area contributed by atoms with Crippen LogP contribution in [0.4, 0.5) is 0 Å². The van der Waals surface area contributed by atoms with Gasteiger partial charge in [0.1, 0.15) is 6.26 Å². The third kappa shape index (κ3) is 3.71. The lowest BCUT2D eigenvalue weighted by molar-refractivity contribution is 0.0948. The van der Waals surface area contributed by atoms with Crippen molar-refractivity contribution < 1.29 is 9.21 Å². The van der Waals surface area contributed by atoms with Gasteiger partial charge < -0.3 is 15.5 Å². The lowest BCUT2D eigenvalue weighted by Crippen LogP contribution is -2.24. The first kappa shape index (κ1) is 11.7. The molecule has 0 unspecified atom stereocenters. The van der Waals surface area contributed by atoms with E-state index in [2.05, 4.69) is 17.2 Å². The molecule has 1 aromatic heterocycles. The van der Waals surface area contributed by atoms with Gasteiger partial charge in [-0.2, -0.15) is 0 Å². The number of amides is 1. The van der Waals surface area contributed by atoms with Crippen LogP contribution in [0.5, 0.6) is 0 Å². The van der Waals surface area contributed by atoms with Gasteiger partial charge in [-0.1, -0.05) is 13.3 Å². The minimum absolute atomic E-state index is 0.185. The number of aromatic nitrogens is 1. The Balaban J connectivity index is 2.43. The van der Waals surface area contributed by atoms with Crippen molar-refractivity contribution in [1.82, 2.24) is 10.3 Å². The van der Waals surface area contributed by atoms with Crippen LogP contribution in [0.25, 0.3) is 0 Å². The zero-order chi connectivity index (χ0) is 11.1. The molecule has 5 nitrogen and oxygen atoms in total. The fourth-order valence-electron chi connectivity index (χ4n) is 1.12. The number of nitrogens with zero attached hydrogens (tertiary/aromatic N) is 1. The molecule has 0 saturated carbocycles. The molecule has 0 aromatic carbocycles. The number of hydrogen-bond donors (Lipinski definition) is 2. The molecule has 0 atom stereocenters. The van der Waals surface area contributed by atoms with E-state index in [9.17, 15) is 4.79 Å². The Morgan fingerprint density at radius 3 is 3.13 bits per heavy atom. The van der Waals surface area contributed by atoms with E-state index in [0.717, 1.165) is 12.8 Å². The van der Waals surface area contributed by atoms with Gasteiger partial charge >= 0.3 is 0 Å². The molecule has 0 aliphatic rings. The number of carbonyl (C=O) groups is 1. The summed E-state index contributed by atoms with van der Waals surface area (Å²) in [7, 11) is 0. The first-order valence-electron chi connectivity index (χ1n) is 5.20. The summed E-state index contributed by atoms with van der Waals surface area (Å²) in [4.78, 5) is 15.5. The Labute approximate surface area is 89.1 Å². The Morgan fingerprint density at radius 1 is 1.67 bits per heavy atom. The molecule has 0 saturated heterocycles. The van der Waals surface area contributed by atoms with Crippen molar-refractivity contribution in [2.75, 3.05) is 13.1 Å². The number of nitrogens with one attached hydrogen (secondary N) is 1. The van der Waals surface area contributed by atoms with E-state index in [0.29, 0.717) is 31.1 Å². The van der Waals surface area contributed by atoms with Gasteiger partial charge in [0.15, 0.2) is 11.6 Å². The highest BCUT2D eigenvalue weighted by Crippen LogP contribution is 2.02. The van der Waals surface area contributed by atoms with Gasteiger partial charge in [0.05, 0.1) is 0 Å². The van der Waals surface area contributed by atoms with Gasteiger partial charge in [0.2, 0.25) is 0 Å². The van der Waals surface area contributed by atoms with Gasteiger partial charge in [-0.25, -0.2) is 4.98 Å². The Hall–Kier alpha value is -1.36. The first-order chi connectivity index (χ1) is 7.27. The van der Waals surface area contributed by atoms with Crippen molar-refractivity contribution >= 4 is 5.91 Å². The van der Waals surface area contributed by atoms with Crippen LogP contribution in [0.1, 0.15) is 36.1 Å². The van der Waals surface area contributed by atoms with E-state index in [-0.39, 0.29) is 5.91 Å². The van der Waals surface area contributed by atoms with Gasteiger partial charge in [-0.05, 0) is 6.42 Å². The maximum Gasteiger partial charge on any atom is 0.273 e. The average molecular weight is 211 g/mol. The van der Waals surface area contributed by atoms with E-state index < -0.39 is 0 Å². The summed E-state index contributed by atoms with van der Waals surface area (Å²) < 4.78 is 5.08. The third-order valence-electron chi connectivity index (χ3n) is 1.96. The van der Waals surface area contributed by atoms with Crippen LogP contribution in [0.15, 0.2) is 10.7 Å². The molecule has 84 valence electrons. The monoisotopic (exact) mass is 211 g/mol. The molecular weight excluding hydrogens is 194 g/mol. The van der Waals surface area contributed by atoms with Crippen LogP contribution in [0.3, 0.4) is 0 Å². The van der Waals surface area contributed by atoms with Gasteiger partial charge in [-0.15, -0.1) is 0 Å². The highest BCUT2D eigenvalue weighted by Gasteiger charge is 2.10. The maximum atomic E-state index is 11.5. The van der Waals surface area contributed by atoms with E-state index in [1.54, 1.807) is 0 Å². The summed E-state index contributed by atoms with van der Waals surface area (Å²) in [6.07, 6.45) is 3.95. The van der Waals surface area contributed by atoms with Crippen molar-refractivity contribution in [2.45, 2.75) is 26.2 Å². The van der Waals surface area contributed by atoms with Gasteiger partial charge in [0.25, 0.3) is 5.91 Å². The molecule has 1 aromatic rings. The van der Waals surface area contributed by atoms with Crippen LogP contribution in [0, 0.1) is 0 Å². The molecular formula is C10H17N3O2. The molecule has 1 heterocycles. The van der Waals surface area contributed by atoms with Crippen molar-refractivity contribution in [2.24, 2.45) is 5.73 Å². The van der Waals surface area contributed by atoms with Crippen molar-refractivity contribution in [3.63, 3.8) is 0 Å². The molecule has 0 bridgehead atoms. The second-order valence-electron chi connectivity index (χ2n) is 3.27. The zero-order valence-electron chi connectivity index (χ0n) is 8.95. The van der Waals surface area contributed by atoms with Crippen LogP contribution >= 0.6 is 0 Å². The number of nitrogens with two attached hydrogens (primary N) is 1. The summed E-state index contributed by atoms with van der Waals surface area (Å²) >= 11 is 0. The standard InChI is InChI=1S/C10H17N3O2/c1-2-3-6-12-10(14)8-7-15-9(13-8)4-5-11/h7H,2-6,11H2,1H3,(H,12,14). The lowest BCUT2D eigenvalue weighted by atomic mass is 10.3. The first-order valence-corrected chi connectivity index (χ1v) is 5.20. The molecule has 1 amide bonds. The third-order valence-corrected chi connectivity index (χ3v) is 1.96. The minimum atomic E-state index is -0.185. The van der Waals surface area contributed by atoms with E-state index in [1.807, 2.05) is 0 Å². The fourth-order valence-corrected chi connectivity index (χ4v) is 1.12. The summed E-state index contributed by atoms with van der Waals surface area (Å²) in [6.45, 7) is 3.22. The number of unbranched alkanes of at least 4 members (excludes halogenated alkanes) is 1. The van der Waals surface area contributed by atoms with E-state index >= 15 is 0 Å². The van der Waals surface area contributed by atoms with Crippen LogP contribution in [0.2, 0.25) is 0 Å². The summed E-state index contributed by atoms with van der Waals surface area (Å²) in [5.74, 6) is 0.327. The molecule has 15 heavy (non-hydrogen) atoms. The normalized spacial score (nSPS) is 10.3. The molecule has 3 N–H and O–H groups in total. The molecule has 0 radical (unpaired) electrons. The fraction of sp³-hybridized carbons (Fsp3) is 0.600. The molecule has 1 rings (SSSR count).